The van der Waals surface area contributed by atoms with Crippen LogP contribution in [0.2, 0.25) is 0 Å². The molecule has 6 nitrogen and oxygen atoms in total. The van der Waals surface area contributed by atoms with E-state index in [0.717, 1.165) is 55.6 Å². The number of hydrogen-bond donors (Lipinski definition) is 2. The number of anilines is 1. The Bertz CT molecular complexity index is 627. The summed E-state index contributed by atoms with van der Waals surface area (Å²) in [4.78, 5) is 26.8. The second kappa shape index (κ2) is 8.54. The Labute approximate surface area is 155 Å². The normalized spacial score (nSPS) is 19.2. The van der Waals surface area contributed by atoms with Gasteiger partial charge in [-0.25, -0.2) is 9.80 Å². The van der Waals surface area contributed by atoms with Gasteiger partial charge >= 0.3 is 6.03 Å². The highest BCUT2D eigenvalue weighted by Crippen LogP contribution is 2.22. The van der Waals surface area contributed by atoms with E-state index < -0.39 is 0 Å². The van der Waals surface area contributed by atoms with Crippen molar-refractivity contribution in [3.63, 3.8) is 0 Å². The van der Waals surface area contributed by atoms with Crippen molar-refractivity contribution in [1.29, 1.82) is 0 Å². The smallest absolute Gasteiger partial charge is 0.321 e. The van der Waals surface area contributed by atoms with Crippen LogP contribution in [0, 0.1) is 19.8 Å². The van der Waals surface area contributed by atoms with Crippen LogP contribution in [0.15, 0.2) is 18.2 Å². The van der Waals surface area contributed by atoms with Crippen LogP contribution in [0.1, 0.15) is 43.2 Å². The summed E-state index contributed by atoms with van der Waals surface area (Å²) in [5, 5.41) is 5.08. The van der Waals surface area contributed by atoms with Gasteiger partial charge in [0.2, 0.25) is 5.91 Å². The molecule has 2 N–H and O–H groups in total. The first-order chi connectivity index (χ1) is 12.5. The van der Waals surface area contributed by atoms with Crippen LogP contribution >= 0.6 is 0 Å². The van der Waals surface area contributed by atoms with Gasteiger partial charge in [0.25, 0.3) is 0 Å². The highest BCUT2D eigenvalue weighted by Gasteiger charge is 2.28. The van der Waals surface area contributed by atoms with E-state index >= 15 is 0 Å². The molecule has 0 aromatic heterocycles. The molecule has 2 aliphatic heterocycles. The number of urea groups is 1. The minimum atomic E-state index is -0.0720. The van der Waals surface area contributed by atoms with Gasteiger partial charge in [0, 0.05) is 37.8 Å². The minimum absolute atomic E-state index is 0.00109. The van der Waals surface area contributed by atoms with E-state index in [2.05, 4.69) is 10.7 Å². The number of piperidine rings is 2. The van der Waals surface area contributed by atoms with Gasteiger partial charge in [0.15, 0.2) is 0 Å². The molecule has 0 bridgehead atoms. The van der Waals surface area contributed by atoms with E-state index in [1.165, 1.54) is 6.42 Å². The SMILES string of the molecule is Cc1cccc(C)c1NC(=O)N1CCC(C(=O)NN2CCCCC2)CC1. The first-order valence-electron chi connectivity index (χ1n) is 9.72. The van der Waals surface area contributed by atoms with Crippen LogP contribution in [0.3, 0.4) is 0 Å². The number of benzene rings is 1. The molecule has 3 rings (SSSR count). The molecular weight excluding hydrogens is 328 g/mol. The average molecular weight is 358 g/mol. The van der Waals surface area contributed by atoms with Gasteiger partial charge in [-0.2, -0.15) is 0 Å². The summed E-state index contributed by atoms with van der Waals surface area (Å²) < 4.78 is 0. The van der Waals surface area contributed by atoms with E-state index in [-0.39, 0.29) is 17.9 Å². The number of aryl methyl sites for hydroxylation is 2. The fourth-order valence-electron chi connectivity index (χ4n) is 3.80. The lowest BCUT2D eigenvalue weighted by molar-refractivity contribution is -0.131. The number of nitrogens with one attached hydrogen (secondary N) is 2. The van der Waals surface area contributed by atoms with Gasteiger partial charge < -0.3 is 10.2 Å². The third-order valence-electron chi connectivity index (χ3n) is 5.49. The summed E-state index contributed by atoms with van der Waals surface area (Å²) >= 11 is 0. The standard InChI is InChI=1S/C20H30N4O2/c1-15-7-6-8-16(2)18(15)21-20(26)23-13-9-17(10-14-23)19(25)22-24-11-4-3-5-12-24/h6-8,17H,3-5,9-14H2,1-2H3,(H,21,26)(H,22,25). The number of carbonyl (C=O) groups excluding carboxylic acids is 2. The summed E-state index contributed by atoms with van der Waals surface area (Å²) in [6, 6.07) is 5.92. The highest BCUT2D eigenvalue weighted by molar-refractivity contribution is 5.91. The number of para-hydroxylation sites is 1. The summed E-state index contributed by atoms with van der Waals surface area (Å²) in [6.07, 6.45) is 4.99. The molecule has 0 aliphatic carbocycles. The van der Waals surface area contributed by atoms with Gasteiger partial charge in [0.1, 0.15) is 0 Å². The molecule has 0 atom stereocenters. The van der Waals surface area contributed by atoms with Crippen molar-refractivity contribution < 1.29 is 9.59 Å². The molecular formula is C20H30N4O2. The molecule has 0 unspecified atom stereocenters. The molecule has 6 heteroatoms. The molecule has 1 aromatic carbocycles. The molecule has 0 radical (unpaired) electrons. The number of nitrogens with zero attached hydrogens (tertiary/aromatic N) is 2. The van der Waals surface area contributed by atoms with Crippen molar-refractivity contribution >= 4 is 17.6 Å². The van der Waals surface area contributed by atoms with Crippen molar-refractivity contribution in [1.82, 2.24) is 15.3 Å². The van der Waals surface area contributed by atoms with Crippen LogP contribution < -0.4 is 10.7 Å². The summed E-state index contributed by atoms with van der Waals surface area (Å²) in [5.74, 6) is 0.114. The first-order valence-corrected chi connectivity index (χ1v) is 9.72. The molecule has 0 saturated carbocycles. The van der Waals surface area contributed by atoms with Crippen LogP contribution in [0.5, 0.6) is 0 Å². The maximum atomic E-state index is 12.6. The van der Waals surface area contributed by atoms with Crippen molar-refractivity contribution in [3.05, 3.63) is 29.3 Å². The number of hydrazine groups is 1. The van der Waals surface area contributed by atoms with E-state index in [4.69, 9.17) is 0 Å². The molecule has 2 aliphatic rings. The predicted molar refractivity (Wildman–Crippen MR) is 103 cm³/mol. The molecule has 26 heavy (non-hydrogen) atoms. The number of likely N-dealkylation sites (tertiary alicyclic amines) is 1. The number of hydrogen-bond acceptors (Lipinski definition) is 3. The highest BCUT2D eigenvalue weighted by atomic mass is 16.2. The van der Waals surface area contributed by atoms with Crippen LogP contribution in [0.4, 0.5) is 10.5 Å². The Balaban J connectivity index is 1.48. The first kappa shape index (κ1) is 18.7. The van der Waals surface area contributed by atoms with E-state index in [0.29, 0.717) is 13.1 Å². The van der Waals surface area contributed by atoms with Gasteiger partial charge in [-0.1, -0.05) is 24.6 Å². The maximum Gasteiger partial charge on any atom is 0.321 e. The second-order valence-electron chi connectivity index (χ2n) is 7.48. The number of rotatable bonds is 3. The largest absolute Gasteiger partial charge is 0.324 e. The summed E-state index contributed by atoms with van der Waals surface area (Å²) in [6.45, 7) is 7.13. The Morgan fingerprint density at radius 2 is 1.58 bits per heavy atom. The maximum absolute atomic E-state index is 12.6. The second-order valence-corrected chi connectivity index (χ2v) is 7.48. The molecule has 2 fully saturated rings. The number of amides is 3. The minimum Gasteiger partial charge on any atom is -0.324 e. The Morgan fingerprint density at radius 3 is 2.19 bits per heavy atom. The Kier molecular flexibility index (Phi) is 6.14. The molecule has 0 spiro atoms. The third-order valence-corrected chi connectivity index (χ3v) is 5.49. The fraction of sp³-hybridized carbons (Fsp3) is 0.600. The van der Waals surface area contributed by atoms with E-state index in [1.807, 2.05) is 42.0 Å². The Morgan fingerprint density at radius 1 is 0.962 bits per heavy atom. The van der Waals surface area contributed by atoms with E-state index in [9.17, 15) is 9.59 Å². The van der Waals surface area contributed by atoms with Gasteiger partial charge in [-0.3, -0.25) is 10.2 Å². The van der Waals surface area contributed by atoms with Crippen LogP contribution in [-0.4, -0.2) is 48.0 Å². The van der Waals surface area contributed by atoms with Gasteiger partial charge in [-0.15, -0.1) is 0 Å². The van der Waals surface area contributed by atoms with Crippen molar-refractivity contribution in [3.8, 4) is 0 Å². The lowest BCUT2D eigenvalue weighted by Gasteiger charge is -2.34. The molecule has 1 aromatic rings. The molecule has 142 valence electrons. The van der Waals surface area contributed by atoms with Crippen molar-refractivity contribution in [2.45, 2.75) is 46.0 Å². The molecule has 3 amide bonds. The molecule has 2 saturated heterocycles. The lowest BCUT2D eigenvalue weighted by atomic mass is 9.96. The third kappa shape index (κ3) is 4.55. The quantitative estimate of drug-likeness (QED) is 0.873. The predicted octanol–water partition coefficient (Wildman–Crippen LogP) is 3.06. The van der Waals surface area contributed by atoms with Crippen LogP contribution in [-0.2, 0) is 4.79 Å². The topological polar surface area (TPSA) is 64.7 Å². The zero-order valence-electron chi connectivity index (χ0n) is 15.9. The average Bonchev–Trinajstić information content (AvgIpc) is 2.65. The lowest BCUT2D eigenvalue weighted by Crippen LogP contribution is -2.50. The van der Waals surface area contributed by atoms with E-state index in [1.54, 1.807) is 0 Å². The van der Waals surface area contributed by atoms with Crippen molar-refractivity contribution in [2.75, 3.05) is 31.5 Å². The number of carbonyl (C=O) groups is 2. The van der Waals surface area contributed by atoms with Gasteiger partial charge in [0.05, 0.1) is 0 Å². The van der Waals surface area contributed by atoms with Crippen molar-refractivity contribution in [2.24, 2.45) is 5.92 Å². The van der Waals surface area contributed by atoms with Gasteiger partial charge in [-0.05, 0) is 50.7 Å². The van der Waals surface area contributed by atoms with Crippen LogP contribution in [0.25, 0.3) is 0 Å². The fourth-order valence-corrected chi connectivity index (χ4v) is 3.80. The summed E-state index contributed by atoms with van der Waals surface area (Å²) in [5.41, 5.74) is 6.08. The zero-order chi connectivity index (χ0) is 18.5. The summed E-state index contributed by atoms with van der Waals surface area (Å²) in [7, 11) is 0. The zero-order valence-corrected chi connectivity index (χ0v) is 15.9. The Hall–Kier alpha value is -2.08. The monoisotopic (exact) mass is 358 g/mol. The molecule has 2 heterocycles.